The Hall–Kier alpha value is -2.74. The molecule has 132 valence electrons. The molecular formula is C17H18N2O5S. The Morgan fingerprint density at radius 3 is 2.44 bits per heavy atom. The molecule has 3 rings (SSSR count). The number of carbonyl (C=O) groups is 1. The molecule has 0 aromatic heterocycles. The molecule has 25 heavy (non-hydrogen) atoms. The Bertz CT molecular complexity index is 954. The lowest BCUT2D eigenvalue weighted by Crippen LogP contribution is -2.14. The van der Waals surface area contributed by atoms with E-state index in [0.29, 0.717) is 34.0 Å². The van der Waals surface area contributed by atoms with Crippen molar-refractivity contribution in [3.05, 3.63) is 41.5 Å². The fourth-order valence-electron chi connectivity index (χ4n) is 2.67. The summed E-state index contributed by atoms with van der Waals surface area (Å²) in [6, 6.07) is 7.83. The first-order chi connectivity index (χ1) is 11.8. The molecule has 1 aliphatic rings. The zero-order valence-corrected chi connectivity index (χ0v) is 14.9. The van der Waals surface area contributed by atoms with E-state index in [9.17, 15) is 13.2 Å². The van der Waals surface area contributed by atoms with E-state index in [0.717, 1.165) is 0 Å². The van der Waals surface area contributed by atoms with Crippen molar-refractivity contribution in [1.82, 2.24) is 0 Å². The highest BCUT2D eigenvalue weighted by atomic mass is 32.2. The van der Waals surface area contributed by atoms with Gasteiger partial charge in [0.2, 0.25) is 5.91 Å². The van der Waals surface area contributed by atoms with Crippen LogP contribution in [0.5, 0.6) is 11.5 Å². The Kier molecular flexibility index (Phi) is 4.30. The van der Waals surface area contributed by atoms with Crippen LogP contribution in [-0.4, -0.2) is 28.5 Å². The first-order valence-corrected chi connectivity index (χ1v) is 9.00. The summed E-state index contributed by atoms with van der Waals surface area (Å²) < 4.78 is 38.4. The van der Waals surface area contributed by atoms with Gasteiger partial charge in [0, 0.05) is 11.8 Å². The molecule has 0 bridgehead atoms. The molecule has 2 aromatic rings. The summed E-state index contributed by atoms with van der Waals surface area (Å²) in [5.41, 5.74) is 2.40. The lowest BCUT2D eigenvalue weighted by atomic mass is 10.2. The third-order valence-electron chi connectivity index (χ3n) is 3.99. The van der Waals surface area contributed by atoms with Crippen LogP contribution in [0.3, 0.4) is 0 Å². The van der Waals surface area contributed by atoms with Crippen molar-refractivity contribution in [2.75, 3.05) is 24.3 Å². The Balaban J connectivity index is 1.95. The van der Waals surface area contributed by atoms with Gasteiger partial charge in [-0.3, -0.25) is 9.52 Å². The summed E-state index contributed by atoms with van der Waals surface area (Å²) in [6.07, 6.45) is 0.175. The third kappa shape index (κ3) is 3.25. The summed E-state index contributed by atoms with van der Waals surface area (Å²) >= 11 is 0. The van der Waals surface area contributed by atoms with Crippen LogP contribution in [0.15, 0.2) is 35.2 Å². The number of hydrogen-bond donors (Lipinski definition) is 2. The molecule has 0 atom stereocenters. The number of nitrogens with one attached hydrogen (secondary N) is 2. The van der Waals surface area contributed by atoms with Crippen LogP contribution in [0.25, 0.3) is 0 Å². The van der Waals surface area contributed by atoms with Gasteiger partial charge in [0.25, 0.3) is 10.0 Å². The van der Waals surface area contributed by atoms with Crippen LogP contribution in [-0.2, 0) is 21.2 Å². The minimum atomic E-state index is -3.80. The molecule has 2 N–H and O–H groups in total. The summed E-state index contributed by atoms with van der Waals surface area (Å²) in [6.45, 7) is 1.77. The van der Waals surface area contributed by atoms with Gasteiger partial charge < -0.3 is 14.8 Å². The molecule has 1 aliphatic heterocycles. The van der Waals surface area contributed by atoms with Gasteiger partial charge in [-0.1, -0.05) is 0 Å². The second-order valence-electron chi connectivity index (χ2n) is 5.67. The number of sulfonamides is 1. The van der Waals surface area contributed by atoms with Gasteiger partial charge in [0.15, 0.2) is 11.5 Å². The van der Waals surface area contributed by atoms with E-state index in [1.165, 1.54) is 26.4 Å². The monoisotopic (exact) mass is 362 g/mol. The maximum atomic E-state index is 12.7. The lowest BCUT2D eigenvalue weighted by molar-refractivity contribution is -0.115. The van der Waals surface area contributed by atoms with Gasteiger partial charge in [-0.2, -0.15) is 0 Å². The summed E-state index contributed by atoms with van der Waals surface area (Å²) in [5, 5.41) is 2.68. The Morgan fingerprint density at radius 1 is 1.08 bits per heavy atom. The molecule has 7 nitrogen and oxygen atoms in total. The standard InChI is InChI=1S/C17H18N2O5S/c1-10-6-15(23-2)16(24-3)9-14(10)19-25(21,22)12-4-5-13-11(7-12)8-17(20)18-13/h4-7,9,19H,8H2,1-3H3,(H,18,20). The average Bonchev–Trinajstić information content (AvgIpc) is 2.95. The maximum absolute atomic E-state index is 12.7. The number of anilines is 2. The SMILES string of the molecule is COc1cc(C)c(NS(=O)(=O)c2ccc3c(c2)CC(=O)N3)cc1OC. The second kappa shape index (κ2) is 6.29. The predicted octanol–water partition coefficient (Wildman–Crippen LogP) is 2.31. The molecule has 0 spiro atoms. The number of hydrogen-bond acceptors (Lipinski definition) is 5. The number of benzene rings is 2. The van der Waals surface area contributed by atoms with Gasteiger partial charge in [-0.15, -0.1) is 0 Å². The van der Waals surface area contributed by atoms with Crippen LogP contribution in [0, 0.1) is 6.92 Å². The maximum Gasteiger partial charge on any atom is 0.261 e. The highest BCUT2D eigenvalue weighted by molar-refractivity contribution is 7.92. The van der Waals surface area contributed by atoms with Crippen molar-refractivity contribution in [2.45, 2.75) is 18.2 Å². The van der Waals surface area contributed by atoms with Crippen molar-refractivity contribution < 1.29 is 22.7 Å². The van der Waals surface area contributed by atoms with Gasteiger partial charge in [-0.25, -0.2) is 8.42 Å². The Labute approximate surface area is 146 Å². The molecule has 0 fully saturated rings. The quantitative estimate of drug-likeness (QED) is 0.851. The van der Waals surface area contributed by atoms with Crippen LogP contribution >= 0.6 is 0 Å². The number of aryl methyl sites for hydroxylation is 1. The first-order valence-electron chi connectivity index (χ1n) is 7.52. The van der Waals surface area contributed by atoms with Gasteiger partial charge in [0.05, 0.1) is 31.2 Å². The number of fused-ring (bicyclic) bond motifs is 1. The number of ether oxygens (including phenoxy) is 2. The van der Waals surface area contributed by atoms with E-state index >= 15 is 0 Å². The molecule has 0 saturated carbocycles. The summed E-state index contributed by atoms with van der Waals surface area (Å²) in [7, 11) is -0.808. The molecule has 1 amide bonds. The van der Waals surface area contributed by atoms with Crippen molar-refractivity contribution in [2.24, 2.45) is 0 Å². The van der Waals surface area contributed by atoms with E-state index in [-0.39, 0.29) is 17.2 Å². The molecule has 0 radical (unpaired) electrons. The number of methoxy groups -OCH3 is 2. The predicted molar refractivity (Wildman–Crippen MR) is 93.9 cm³/mol. The van der Waals surface area contributed by atoms with Crippen molar-refractivity contribution >= 4 is 27.3 Å². The summed E-state index contributed by atoms with van der Waals surface area (Å²) in [4.78, 5) is 11.5. The van der Waals surface area contributed by atoms with E-state index in [1.807, 2.05) is 0 Å². The number of amides is 1. The number of carbonyl (C=O) groups excluding carboxylic acids is 1. The zero-order valence-electron chi connectivity index (χ0n) is 14.0. The second-order valence-corrected chi connectivity index (χ2v) is 7.35. The van der Waals surface area contributed by atoms with E-state index in [2.05, 4.69) is 10.0 Å². The minimum absolute atomic E-state index is 0.0944. The largest absolute Gasteiger partial charge is 0.493 e. The topological polar surface area (TPSA) is 93.7 Å². The Morgan fingerprint density at radius 2 is 1.76 bits per heavy atom. The van der Waals surface area contributed by atoms with E-state index < -0.39 is 10.0 Å². The van der Waals surface area contributed by atoms with Gasteiger partial charge in [-0.05, 0) is 42.3 Å². The lowest BCUT2D eigenvalue weighted by Gasteiger charge is -2.15. The van der Waals surface area contributed by atoms with Crippen LogP contribution in [0.1, 0.15) is 11.1 Å². The summed E-state index contributed by atoms with van der Waals surface area (Å²) in [5.74, 6) is 0.799. The van der Waals surface area contributed by atoms with Crippen molar-refractivity contribution in [3.8, 4) is 11.5 Å². The first kappa shape index (κ1) is 17.1. The fraction of sp³-hybridized carbons (Fsp3) is 0.235. The molecule has 0 unspecified atom stereocenters. The van der Waals surface area contributed by atoms with Crippen LogP contribution in [0.4, 0.5) is 11.4 Å². The molecule has 1 heterocycles. The van der Waals surface area contributed by atoms with Gasteiger partial charge >= 0.3 is 0 Å². The average molecular weight is 362 g/mol. The van der Waals surface area contributed by atoms with Crippen LogP contribution in [0.2, 0.25) is 0 Å². The zero-order chi connectivity index (χ0) is 18.2. The molecular weight excluding hydrogens is 344 g/mol. The van der Waals surface area contributed by atoms with Crippen LogP contribution < -0.4 is 19.5 Å². The minimum Gasteiger partial charge on any atom is -0.493 e. The fourth-order valence-corrected chi connectivity index (χ4v) is 3.84. The highest BCUT2D eigenvalue weighted by Gasteiger charge is 2.22. The van der Waals surface area contributed by atoms with E-state index in [1.54, 1.807) is 25.1 Å². The molecule has 8 heteroatoms. The molecule has 2 aromatic carbocycles. The van der Waals surface area contributed by atoms with Crippen molar-refractivity contribution in [1.29, 1.82) is 0 Å². The third-order valence-corrected chi connectivity index (χ3v) is 5.35. The van der Waals surface area contributed by atoms with Crippen molar-refractivity contribution in [3.63, 3.8) is 0 Å². The normalized spacial score (nSPS) is 13.2. The molecule has 0 saturated heterocycles. The van der Waals surface area contributed by atoms with E-state index in [4.69, 9.17) is 9.47 Å². The van der Waals surface area contributed by atoms with Gasteiger partial charge in [0.1, 0.15) is 0 Å². The number of rotatable bonds is 5. The smallest absolute Gasteiger partial charge is 0.261 e. The highest BCUT2D eigenvalue weighted by Crippen LogP contribution is 2.34. The molecule has 0 aliphatic carbocycles.